The van der Waals surface area contributed by atoms with Gasteiger partial charge in [-0.25, -0.2) is 0 Å². The fourth-order valence-corrected chi connectivity index (χ4v) is 3.80. The van der Waals surface area contributed by atoms with Crippen molar-refractivity contribution in [2.75, 3.05) is 23.3 Å². The van der Waals surface area contributed by atoms with E-state index < -0.39 is 0 Å². The molecule has 0 radical (unpaired) electrons. The Balaban J connectivity index is 1.68. The first kappa shape index (κ1) is 18.3. The molecule has 6 nitrogen and oxygen atoms in total. The van der Waals surface area contributed by atoms with E-state index in [0.29, 0.717) is 16.8 Å². The molecule has 4 rings (SSSR count). The van der Waals surface area contributed by atoms with Crippen molar-refractivity contribution in [1.82, 2.24) is 4.98 Å². The SMILES string of the molecule is Cc1cc(=O)[nH]c2ccc(NC(=O)c3cc(CO)ccc3N3CCCC3)cc12. The van der Waals surface area contributed by atoms with Crippen LogP contribution < -0.4 is 15.8 Å². The number of nitrogens with zero attached hydrogens (tertiary/aromatic N) is 1. The molecule has 0 bridgehead atoms. The summed E-state index contributed by atoms with van der Waals surface area (Å²) in [5.41, 5.74) is 4.28. The number of aromatic amines is 1. The number of rotatable bonds is 4. The molecule has 1 amide bonds. The number of benzene rings is 2. The van der Waals surface area contributed by atoms with Crippen molar-refractivity contribution in [3.63, 3.8) is 0 Å². The van der Waals surface area contributed by atoms with E-state index in [-0.39, 0.29) is 18.1 Å². The minimum Gasteiger partial charge on any atom is -0.392 e. The number of hydrogen-bond donors (Lipinski definition) is 3. The maximum atomic E-state index is 13.1. The molecule has 0 unspecified atom stereocenters. The Morgan fingerprint density at radius 3 is 2.68 bits per heavy atom. The Hall–Kier alpha value is -3.12. The summed E-state index contributed by atoms with van der Waals surface area (Å²) in [6.07, 6.45) is 2.23. The van der Waals surface area contributed by atoms with Crippen molar-refractivity contribution in [2.45, 2.75) is 26.4 Å². The van der Waals surface area contributed by atoms with Gasteiger partial charge in [0.05, 0.1) is 12.2 Å². The van der Waals surface area contributed by atoms with Gasteiger partial charge in [0.2, 0.25) is 5.56 Å². The van der Waals surface area contributed by atoms with Crippen LogP contribution in [0.2, 0.25) is 0 Å². The molecule has 0 aliphatic carbocycles. The molecule has 0 spiro atoms. The number of aryl methyl sites for hydroxylation is 1. The summed E-state index contributed by atoms with van der Waals surface area (Å²) in [4.78, 5) is 29.7. The largest absolute Gasteiger partial charge is 0.392 e. The predicted molar refractivity (Wildman–Crippen MR) is 111 cm³/mol. The van der Waals surface area contributed by atoms with Gasteiger partial charge in [-0.3, -0.25) is 9.59 Å². The first-order chi connectivity index (χ1) is 13.5. The highest BCUT2D eigenvalue weighted by Gasteiger charge is 2.20. The van der Waals surface area contributed by atoms with E-state index in [9.17, 15) is 14.7 Å². The molecule has 2 aromatic carbocycles. The van der Waals surface area contributed by atoms with E-state index in [1.54, 1.807) is 24.3 Å². The third-order valence-corrected chi connectivity index (χ3v) is 5.24. The molecule has 1 aliphatic rings. The maximum Gasteiger partial charge on any atom is 0.257 e. The normalized spacial score (nSPS) is 13.9. The van der Waals surface area contributed by atoms with Crippen LogP contribution in [0.5, 0.6) is 0 Å². The number of hydrogen-bond acceptors (Lipinski definition) is 4. The monoisotopic (exact) mass is 377 g/mol. The fourth-order valence-electron chi connectivity index (χ4n) is 3.80. The van der Waals surface area contributed by atoms with Gasteiger partial charge in [0.1, 0.15) is 0 Å². The molecule has 1 aromatic heterocycles. The standard InChI is InChI=1S/C22H23N3O3/c1-14-10-21(27)24-19-6-5-16(12-17(14)19)23-22(28)18-11-15(13-26)4-7-20(18)25-8-2-3-9-25/h4-7,10-12,26H,2-3,8-9,13H2,1H3,(H,23,28)(H,24,27). The highest BCUT2D eigenvalue weighted by molar-refractivity contribution is 6.09. The van der Waals surface area contributed by atoms with Crippen LogP contribution in [0.1, 0.15) is 34.3 Å². The van der Waals surface area contributed by atoms with Crippen molar-refractivity contribution in [3.8, 4) is 0 Å². The number of nitrogens with one attached hydrogen (secondary N) is 2. The molecule has 3 aromatic rings. The van der Waals surface area contributed by atoms with Crippen LogP contribution in [0.15, 0.2) is 47.3 Å². The number of H-pyrrole nitrogens is 1. The minimum atomic E-state index is -0.210. The Labute approximate surface area is 162 Å². The van der Waals surface area contributed by atoms with E-state index in [0.717, 1.165) is 48.1 Å². The molecular formula is C22H23N3O3. The van der Waals surface area contributed by atoms with Crippen LogP contribution in [-0.4, -0.2) is 29.1 Å². The lowest BCUT2D eigenvalue weighted by Crippen LogP contribution is -2.23. The zero-order chi connectivity index (χ0) is 19.7. The second-order valence-electron chi connectivity index (χ2n) is 7.23. The number of fused-ring (bicyclic) bond motifs is 1. The van der Waals surface area contributed by atoms with Crippen LogP contribution >= 0.6 is 0 Å². The van der Waals surface area contributed by atoms with Gasteiger partial charge in [-0.2, -0.15) is 0 Å². The maximum absolute atomic E-state index is 13.1. The van der Waals surface area contributed by atoms with Crippen LogP contribution in [-0.2, 0) is 6.61 Å². The molecule has 1 saturated heterocycles. The average Bonchev–Trinajstić information content (AvgIpc) is 3.22. The van der Waals surface area contributed by atoms with E-state index >= 15 is 0 Å². The summed E-state index contributed by atoms with van der Waals surface area (Å²) in [7, 11) is 0. The van der Waals surface area contributed by atoms with Gasteiger partial charge in [0, 0.05) is 41.4 Å². The van der Waals surface area contributed by atoms with Crippen molar-refractivity contribution in [1.29, 1.82) is 0 Å². The quantitative estimate of drug-likeness (QED) is 0.652. The van der Waals surface area contributed by atoms with Crippen molar-refractivity contribution in [3.05, 3.63) is 69.5 Å². The van der Waals surface area contributed by atoms with E-state index in [4.69, 9.17) is 0 Å². The van der Waals surface area contributed by atoms with Gasteiger partial charge in [0.25, 0.3) is 5.91 Å². The molecule has 0 saturated carbocycles. The van der Waals surface area contributed by atoms with Crippen molar-refractivity contribution >= 4 is 28.2 Å². The Morgan fingerprint density at radius 1 is 1.14 bits per heavy atom. The third-order valence-electron chi connectivity index (χ3n) is 5.24. The molecule has 144 valence electrons. The Kier molecular flexibility index (Phi) is 4.88. The smallest absolute Gasteiger partial charge is 0.257 e. The molecular weight excluding hydrogens is 354 g/mol. The summed E-state index contributed by atoms with van der Waals surface area (Å²) >= 11 is 0. The molecule has 1 aliphatic heterocycles. The molecule has 28 heavy (non-hydrogen) atoms. The van der Waals surface area contributed by atoms with Gasteiger partial charge in [0.15, 0.2) is 0 Å². The summed E-state index contributed by atoms with van der Waals surface area (Å²) in [6.45, 7) is 3.63. The predicted octanol–water partition coefficient (Wildman–Crippen LogP) is 3.18. The number of pyridine rings is 1. The highest BCUT2D eigenvalue weighted by Crippen LogP contribution is 2.27. The molecule has 2 heterocycles. The summed E-state index contributed by atoms with van der Waals surface area (Å²) in [5, 5.41) is 13.3. The van der Waals surface area contributed by atoms with Crippen LogP contribution in [0, 0.1) is 6.92 Å². The van der Waals surface area contributed by atoms with Crippen LogP contribution in [0.25, 0.3) is 10.9 Å². The third kappa shape index (κ3) is 3.51. The lowest BCUT2D eigenvalue weighted by molar-refractivity contribution is 0.102. The van der Waals surface area contributed by atoms with Crippen LogP contribution in [0.4, 0.5) is 11.4 Å². The average molecular weight is 377 g/mol. The zero-order valence-corrected chi connectivity index (χ0v) is 15.8. The topological polar surface area (TPSA) is 85.4 Å². The number of aliphatic hydroxyl groups is 1. The molecule has 6 heteroatoms. The number of aliphatic hydroxyl groups excluding tert-OH is 1. The zero-order valence-electron chi connectivity index (χ0n) is 15.8. The van der Waals surface area contributed by atoms with Crippen molar-refractivity contribution in [2.24, 2.45) is 0 Å². The van der Waals surface area contributed by atoms with Crippen LogP contribution in [0.3, 0.4) is 0 Å². The second kappa shape index (κ2) is 7.48. The van der Waals surface area contributed by atoms with Crippen molar-refractivity contribution < 1.29 is 9.90 Å². The summed E-state index contributed by atoms with van der Waals surface area (Å²) in [6, 6.07) is 12.5. The number of aromatic nitrogens is 1. The minimum absolute atomic E-state index is 0.108. The van der Waals surface area contributed by atoms with E-state index in [1.165, 1.54) is 0 Å². The first-order valence-electron chi connectivity index (χ1n) is 9.49. The number of carbonyl (C=O) groups excluding carboxylic acids is 1. The lowest BCUT2D eigenvalue weighted by atomic mass is 10.1. The number of anilines is 2. The van der Waals surface area contributed by atoms with E-state index in [1.807, 2.05) is 25.1 Å². The highest BCUT2D eigenvalue weighted by atomic mass is 16.3. The Bertz CT molecular complexity index is 1100. The number of carbonyl (C=O) groups is 1. The van der Waals surface area contributed by atoms with Gasteiger partial charge >= 0.3 is 0 Å². The van der Waals surface area contributed by atoms with Gasteiger partial charge in [-0.15, -0.1) is 0 Å². The first-order valence-corrected chi connectivity index (χ1v) is 9.49. The Morgan fingerprint density at radius 2 is 1.93 bits per heavy atom. The van der Waals surface area contributed by atoms with Gasteiger partial charge in [-0.05, 0) is 61.2 Å². The van der Waals surface area contributed by atoms with Gasteiger partial charge < -0.3 is 20.3 Å². The summed E-state index contributed by atoms with van der Waals surface area (Å²) < 4.78 is 0. The number of amides is 1. The van der Waals surface area contributed by atoms with Gasteiger partial charge in [-0.1, -0.05) is 6.07 Å². The van der Waals surface area contributed by atoms with E-state index in [2.05, 4.69) is 15.2 Å². The fraction of sp³-hybridized carbons (Fsp3) is 0.273. The molecule has 1 fully saturated rings. The lowest BCUT2D eigenvalue weighted by Gasteiger charge is -2.21. The second-order valence-corrected chi connectivity index (χ2v) is 7.23. The molecule has 3 N–H and O–H groups in total. The summed E-state index contributed by atoms with van der Waals surface area (Å²) in [5.74, 6) is -0.210. The molecule has 0 atom stereocenters.